The molecule has 0 aliphatic heterocycles. The van der Waals surface area contributed by atoms with Gasteiger partial charge in [-0.2, -0.15) is 0 Å². The lowest BCUT2D eigenvalue weighted by Crippen LogP contribution is -2.52. The van der Waals surface area contributed by atoms with Crippen molar-refractivity contribution in [1.29, 1.82) is 0 Å². The molecule has 2 amide bonds. The van der Waals surface area contributed by atoms with E-state index in [0.29, 0.717) is 5.56 Å². The van der Waals surface area contributed by atoms with Crippen molar-refractivity contribution in [3.63, 3.8) is 0 Å². The Bertz CT molecular complexity index is 1500. The van der Waals surface area contributed by atoms with E-state index in [1.807, 2.05) is 78.9 Å². The number of alkyl carbamates (subject to hydrolysis) is 1. The van der Waals surface area contributed by atoms with Gasteiger partial charge in [-0.05, 0) is 40.3 Å². The lowest BCUT2D eigenvalue weighted by Gasteiger charge is -2.25. The van der Waals surface area contributed by atoms with Crippen molar-refractivity contribution >= 4 is 18.0 Å². The molecule has 214 valence electrons. The van der Waals surface area contributed by atoms with Crippen LogP contribution in [0.1, 0.15) is 41.1 Å². The van der Waals surface area contributed by atoms with Crippen LogP contribution in [0.2, 0.25) is 0 Å². The molecule has 0 heterocycles. The van der Waals surface area contributed by atoms with Crippen molar-refractivity contribution < 1.29 is 29.0 Å². The number of ether oxygens (including phenoxy) is 2. The van der Waals surface area contributed by atoms with Gasteiger partial charge in [-0.3, -0.25) is 4.79 Å². The zero-order valence-electron chi connectivity index (χ0n) is 23.1. The summed E-state index contributed by atoms with van der Waals surface area (Å²) in [6.07, 6.45) is -1.64. The van der Waals surface area contributed by atoms with Gasteiger partial charge in [0.25, 0.3) is 0 Å². The maximum absolute atomic E-state index is 13.5. The summed E-state index contributed by atoms with van der Waals surface area (Å²) >= 11 is 0. The van der Waals surface area contributed by atoms with Gasteiger partial charge >= 0.3 is 12.1 Å². The van der Waals surface area contributed by atoms with Gasteiger partial charge < -0.3 is 25.2 Å². The van der Waals surface area contributed by atoms with E-state index in [9.17, 15) is 19.5 Å². The van der Waals surface area contributed by atoms with E-state index in [0.717, 1.165) is 27.8 Å². The van der Waals surface area contributed by atoms with Crippen LogP contribution in [-0.4, -0.2) is 41.8 Å². The fourth-order valence-electron chi connectivity index (χ4n) is 5.22. The van der Waals surface area contributed by atoms with Gasteiger partial charge in [-0.25, -0.2) is 9.59 Å². The summed E-state index contributed by atoms with van der Waals surface area (Å²) in [6.45, 7) is 1.84. The Morgan fingerprint density at radius 1 is 0.762 bits per heavy atom. The van der Waals surface area contributed by atoms with Crippen LogP contribution in [0.5, 0.6) is 0 Å². The van der Waals surface area contributed by atoms with Crippen molar-refractivity contribution in [3.8, 4) is 11.1 Å². The molecule has 1 unspecified atom stereocenters. The molecule has 8 nitrogen and oxygen atoms in total. The zero-order chi connectivity index (χ0) is 29.5. The van der Waals surface area contributed by atoms with Gasteiger partial charge in [-0.1, -0.05) is 109 Å². The predicted octanol–water partition coefficient (Wildman–Crippen LogP) is 5.44. The highest BCUT2D eigenvalue weighted by Gasteiger charge is 2.33. The average Bonchev–Trinajstić information content (AvgIpc) is 3.34. The molecule has 0 saturated heterocycles. The third-order valence-corrected chi connectivity index (χ3v) is 7.39. The number of fused-ring (bicyclic) bond motifs is 3. The molecule has 0 radical (unpaired) electrons. The minimum atomic E-state index is -1.35. The largest absolute Gasteiger partial charge is 0.480 e. The molecule has 1 aliphatic rings. The molecule has 1 aliphatic carbocycles. The second kappa shape index (κ2) is 13.1. The molecular weight excluding hydrogens is 532 g/mol. The van der Waals surface area contributed by atoms with Crippen LogP contribution in [0.25, 0.3) is 11.1 Å². The fraction of sp³-hybridized carbons (Fsp3) is 0.206. The SMILES string of the molecule is C[C@@H](OCc1ccccc1)[C@H](NC(=O)C(NC(=O)OCC1c2ccccc2-c2ccccc21)c1ccccc1)C(=O)O. The number of aliphatic carboxylic acids is 1. The van der Waals surface area contributed by atoms with Crippen molar-refractivity contribution in [2.75, 3.05) is 6.61 Å². The Hall–Kier alpha value is -4.95. The van der Waals surface area contributed by atoms with Crippen molar-refractivity contribution in [2.24, 2.45) is 0 Å². The van der Waals surface area contributed by atoms with Crippen LogP contribution in [0, 0.1) is 0 Å². The van der Waals surface area contributed by atoms with Crippen LogP contribution in [-0.2, 0) is 25.7 Å². The van der Waals surface area contributed by atoms with Crippen molar-refractivity contribution in [2.45, 2.75) is 37.6 Å². The van der Waals surface area contributed by atoms with Gasteiger partial charge in [0.05, 0.1) is 12.7 Å². The van der Waals surface area contributed by atoms with E-state index in [2.05, 4.69) is 10.6 Å². The number of carboxylic acid groups (broad SMARTS) is 1. The number of hydrogen-bond acceptors (Lipinski definition) is 5. The van der Waals surface area contributed by atoms with Crippen LogP contribution < -0.4 is 10.6 Å². The molecule has 0 aromatic heterocycles. The van der Waals surface area contributed by atoms with Crippen LogP contribution in [0.4, 0.5) is 4.79 Å². The molecule has 8 heteroatoms. The predicted molar refractivity (Wildman–Crippen MR) is 158 cm³/mol. The molecule has 0 bridgehead atoms. The number of carboxylic acids is 1. The molecule has 0 spiro atoms. The van der Waals surface area contributed by atoms with Crippen LogP contribution >= 0.6 is 0 Å². The van der Waals surface area contributed by atoms with E-state index >= 15 is 0 Å². The zero-order valence-corrected chi connectivity index (χ0v) is 23.1. The maximum Gasteiger partial charge on any atom is 0.408 e. The minimum Gasteiger partial charge on any atom is -0.480 e. The summed E-state index contributed by atoms with van der Waals surface area (Å²) in [5.41, 5.74) is 5.69. The first-order valence-corrected chi connectivity index (χ1v) is 13.8. The normalized spacial score (nSPS) is 14.1. The Kier molecular flexibility index (Phi) is 8.94. The number of nitrogens with one attached hydrogen (secondary N) is 2. The monoisotopic (exact) mass is 564 g/mol. The maximum atomic E-state index is 13.5. The van der Waals surface area contributed by atoms with E-state index in [1.165, 1.54) is 0 Å². The van der Waals surface area contributed by atoms with Gasteiger partial charge in [0, 0.05) is 5.92 Å². The first-order chi connectivity index (χ1) is 20.4. The Labute approximate surface area is 244 Å². The molecule has 42 heavy (non-hydrogen) atoms. The second-order valence-electron chi connectivity index (χ2n) is 10.1. The Balaban J connectivity index is 1.27. The number of carbonyl (C=O) groups excluding carboxylic acids is 2. The summed E-state index contributed by atoms with van der Waals surface area (Å²) in [5, 5.41) is 15.1. The topological polar surface area (TPSA) is 114 Å². The van der Waals surface area contributed by atoms with Crippen molar-refractivity contribution in [1.82, 2.24) is 10.6 Å². The van der Waals surface area contributed by atoms with E-state index < -0.39 is 36.2 Å². The molecule has 3 atom stereocenters. The Morgan fingerprint density at radius 2 is 1.31 bits per heavy atom. The highest BCUT2D eigenvalue weighted by Crippen LogP contribution is 2.44. The van der Waals surface area contributed by atoms with Crippen molar-refractivity contribution in [3.05, 3.63) is 131 Å². The molecular formula is C34H32N2O6. The van der Waals surface area contributed by atoms with E-state index in [1.54, 1.807) is 37.3 Å². The number of hydrogen-bond donors (Lipinski definition) is 3. The van der Waals surface area contributed by atoms with Gasteiger partial charge in [0.15, 0.2) is 6.04 Å². The second-order valence-corrected chi connectivity index (χ2v) is 10.1. The Morgan fingerprint density at radius 3 is 1.90 bits per heavy atom. The quantitative estimate of drug-likeness (QED) is 0.224. The van der Waals surface area contributed by atoms with E-state index in [4.69, 9.17) is 9.47 Å². The number of carbonyl (C=O) groups is 3. The highest BCUT2D eigenvalue weighted by molar-refractivity contribution is 5.90. The summed E-state index contributed by atoms with van der Waals surface area (Å²) in [4.78, 5) is 38.6. The van der Waals surface area contributed by atoms with E-state index in [-0.39, 0.29) is 19.1 Å². The third-order valence-electron chi connectivity index (χ3n) is 7.39. The van der Waals surface area contributed by atoms with Crippen LogP contribution in [0.3, 0.4) is 0 Å². The first-order valence-electron chi connectivity index (χ1n) is 13.8. The third kappa shape index (κ3) is 6.50. The average molecular weight is 565 g/mol. The summed E-state index contributed by atoms with van der Waals surface area (Å²) in [7, 11) is 0. The smallest absolute Gasteiger partial charge is 0.408 e. The lowest BCUT2D eigenvalue weighted by molar-refractivity contribution is -0.146. The summed E-state index contributed by atoms with van der Waals surface area (Å²) in [5.74, 6) is -2.10. The van der Waals surface area contributed by atoms with Gasteiger partial charge in [0.1, 0.15) is 12.6 Å². The molecule has 4 aromatic carbocycles. The lowest BCUT2D eigenvalue weighted by atomic mass is 9.98. The minimum absolute atomic E-state index is 0.0745. The number of amides is 2. The molecule has 0 saturated carbocycles. The molecule has 4 aromatic rings. The first kappa shape index (κ1) is 28.6. The highest BCUT2D eigenvalue weighted by atomic mass is 16.5. The van der Waals surface area contributed by atoms with Gasteiger partial charge in [-0.15, -0.1) is 0 Å². The number of rotatable bonds is 11. The number of benzene rings is 4. The van der Waals surface area contributed by atoms with Gasteiger partial charge in [0.2, 0.25) is 5.91 Å². The van der Waals surface area contributed by atoms with Crippen LogP contribution in [0.15, 0.2) is 109 Å². The standard InChI is InChI=1S/C34H32N2O6/c1-22(41-20-23-12-4-2-5-13-23)30(33(38)39)35-32(37)31(24-14-6-3-7-15-24)36-34(40)42-21-29-27-18-10-8-16-25(27)26-17-9-11-19-28(26)29/h2-19,22,29-31H,20-21H2,1H3,(H,35,37)(H,36,40)(H,38,39)/t22-,30+,31?/m1/s1. The fourth-order valence-corrected chi connectivity index (χ4v) is 5.22. The molecule has 5 rings (SSSR count). The molecule has 0 fully saturated rings. The summed E-state index contributed by atoms with van der Waals surface area (Å²) < 4.78 is 11.4. The molecule has 3 N–H and O–H groups in total. The summed E-state index contributed by atoms with van der Waals surface area (Å²) in [6, 6.07) is 31.4.